The zero-order chi connectivity index (χ0) is 18.0. The second-order valence-electron chi connectivity index (χ2n) is 5.41. The maximum Gasteiger partial charge on any atom is 0.389 e. The van der Waals surface area contributed by atoms with Gasteiger partial charge in [0, 0.05) is 18.2 Å². The SMILES string of the molecule is O=C(CCC(F)(F)F)Nc1nc2ccc(F)cn2c1-c1ccccc1. The quantitative estimate of drug-likeness (QED) is 0.707. The number of aromatic nitrogens is 2. The number of amides is 1. The van der Waals surface area contributed by atoms with Crippen molar-refractivity contribution < 1.29 is 22.4 Å². The van der Waals surface area contributed by atoms with Crippen LogP contribution in [0.15, 0.2) is 48.7 Å². The number of carbonyl (C=O) groups excluding carboxylic acids is 1. The van der Waals surface area contributed by atoms with Crippen molar-refractivity contribution >= 4 is 17.4 Å². The van der Waals surface area contributed by atoms with Crippen LogP contribution in [0.4, 0.5) is 23.4 Å². The maximum atomic E-state index is 13.6. The van der Waals surface area contributed by atoms with Crippen LogP contribution in [-0.2, 0) is 4.79 Å². The lowest BCUT2D eigenvalue weighted by atomic mass is 10.1. The summed E-state index contributed by atoms with van der Waals surface area (Å²) in [6, 6.07) is 11.4. The van der Waals surface area contributed by atoms with Gasteiger partial charge in [-0.3, -0.25) is 9.20 Å². The van der Waals surface area contributed by atoms with Crippen molar-refractivity contribution in [2.75, 3.05) is 5.32 Å². The first-order chi connectivity index (χ1) is 11.8. The Morgan fingerprint density at radius 1 is 1.12 bits per heavy atom. The molecule has 2 heterocycles. The molecule has 0 fully saturated rings. The first kappa shape index (κ1) is 16.9. The molecule has 0 bridgehead atoms. The fourth-order valence-corrected chi connectivity index (χ4v) is 2.43. The van der Waals surface area contributed by atoms with E-state index in [1.54, 1.807) is 30.3 Å². The highest BCUT2D eigenvalue weighted by Crippen LogP contribution is 2.30. The van der Waals surface area contributed by atoms with Crippen molar-refractivity contribution in [3.63, 3.8) is 0 Å². The number of alkyl halides is 3. The number of hydrogen-bond acceptors (Lipinski definition) is 2. The summed E-state index contributed by atoms with van der Waals surface area (Å²) < 4.78 is 51.9. The molecule has 0 radical (unpaired) electrons. The van der Waals surface area contributed by atoms with Crippen LogP contribution in [0.25, 0.3) is 16.9 Å². The monoisotopic (exact) mass is 351 g/mol. The largest absolute Gasteiger partial charge is 0.389 e. The smallest absolute Gasteiger partial charge is 0.309 e. The summed E-state index contributed by atoms with van der Waals surface area (Å²) in [7, 11) is 0. The number of nitrogens with one attached hydrogen (secondary N) is 1. The van der Waals surface area contributed by atoms with Crippen molar-refractivity contribution in [3.05, 3.63) is 54.5 Å². The number of hydrogen-bond donors (Lipinski definition) is 1. The molecule has 4 nitrogen and oxygen atoms in total. The molecule has 0 aliphatic heterocycles. The summed E-state index contributed by atoms with van der Waals surface area (Å²) in [6.07, 6.45) is -5.14. The van der Waals surface area contributed by atoms with Gasteiger partial charge in [-0.2, -0.15) is 13.2 Å². The molecule has 0 saturated heterocycles. The Labute approximate surface area is 140 Å². The predicted molar refractivity (Wildman–Crippen MR) is 84.5 cm³/mol. The summed E-state index contributed by atoms with van der Waals surface area (Å²) in [5.41, 5.74) is 1.41. The van der Waals surface area contributed by atoms with E-state index in [1.165, 1.54) is 22.7 Å². The molecule has 0 aliphatic carbocycles. The van der Waals surface area contributed by atoms with Gasteiger partial charge in [-0.1, -0.05) is 30.3 Å². The standard InChI is InChI=1S/C17H13F4N3O/c18-12-6-7-13-22-16(23-14(25)8-9-17(19,20)21)15(24(13)10-12)11-4-2-1-3-5-11/h1-7,10H,8-9H2,(H,23,25). The molecule has 3 aromatic rings. The molecular formula is C17H13F4N3O. The van der Waals surface area contributed by atoms with Crippen LogP contribution in [0.1, 0.15) is 12.8 Å². The van der Waals surface area contributed by atoms with E-state index in [0.29, 0.717) is 16.9 Å². The fraction of sp³-hybridized carbons (Fsp3) is 0.176. The molecule has 0 saturated carbocycles. The van der Waals surface area contributed by atoms with Crippen LogP contribution in [0.5, 0.6) is 0 Å². The van der Waals surface area contributed by atoms with Gasteiger partial charge in [-0.25, -0.2) is 9.37 Å². The normalized spacial score (nSPS) is 11.7. The molecule has 2 aromatic heterocycles. The van der Waals surface area contributed by atoms with Crippen LogP contribution < -0.4 is 5.32 Å². The van der Waals surface area contributed by atoms with E-state index in [9.17, 15) is 22.4 Å². The van der Waals surface area contributed by atoms with Crippen LogP contribution in [0.2, 0.25) is 0 Å². The summed E-state index contributed by atoms with van der Waals surface area (Å²) in [5.74, 6) is -1.22. The third-order valence-electron chi connectivity index (χ3n) is 3.52. The predicted octanol–water partition coefficient (Wildman–Crippen LogP) is 4.42. The van der Waals surface area contributed by atoms with Crippen molar-refractivity contribution in [1.29, 1.82) is 0 Å². The van der Waals surface area contributed by atoms with Crippen LogP contribution in [0.3, 0.4) is 0 Å². The van der Waals surface area contributed by atoms with Gasteiger partial charge >= 0.3 is 6.18 Å². The Morgan fingerprint density at radius 3 is 2.52 bits per heavy atom. The van der Waals surface area contributed by atoms with Gasteiger partial charge in [0.1, 0.15) is 11.5 Å². The number of carbonyl (C=O) groups is 1. The average Bonchev–Trinajstić information content (AvgIpc) is 2.90. The average molecular weight is 351 g/mol. The molecule has 8 heteroatoms. The van der Waals surface area contributed by atoms with E-state index in [2.05, 4.69) is 10.3 Å². The minimum Gasteiger partial charge on any atom is -0.309 e. The van der Waals surface area contributed by atoms with Gasteiger partial charge in [0.15, 0.2) is 5.82 Å². The Bertz CT molecular complexity index is 903. The molecule has 1 amide bonds. The van der Waals surface area contributed by atoms with Gasteiger partial charge in [0.05, 0.1) is 12.1 Å². The Hall–Kier alpha value is -2.90. The molecule has 1 N–H and O–H groups in total. The second kappa shape index (κ2) is 6.54. The zero-order valence-electron chi connectivity index (χ0n) is 12.8. The molecule has 0 spiro atoms. The summed E-state index contributed by atoms with van der Waals surface area (Å²) in [5, 5.41) is 2.40. The molecular weight excluding hydrogens is 338 g/mol. The number of anilines is 1. The van der Waals surface area contributed by atoms with Crippen LogP contribution >= 0.6 is 0 Å². The maximum absolute atomic E-state index is 13.6. The number of imidazole rings is 1. The minimum atomic E-state index is -4.42. The number of benzene rings is 1. The van der Waals surface area contributed by atoms with Gasteiger partial charge < -0.3 is 5.32 Å². The van der Waals surface area contributed by atoms with Gasteiger partial charge in [-0.05, 0) is 12.1 Å². The van der Waals surface area contributed by atoms with E-state index in [0.717, 1.165) is 0 Å². The van der Waals surface area contributed by atoms with E-state index < -0.39 is 30.7 Å². The Balaban J connectivity index is 1.98. The zero-order valence-corrected chi connectivity index (χ0v) is 12.8. The Morgan fingerprint density at radius 2 is 1.84 bits per heavy atom. The second-order valence-corrected chi connectivity index (χ2v) is 5.41. The molecule has 0 aliphatic rings. The lowest BCUT2D eigenvalue weighted by Crippen LogP contribution is -2.17. The number of nitrogens with zero attached hydrogens (tertiary/aromatic N) is 2. The lowest BCUT2D eigenvalue weighted by Gasteiger charge is -2.08. The number of fused-ring (bicyclic) bond motifs is 1. The summed E-state index contributed by atoms with van der Waals surface area (Å²) in [4.78, 5) is 16.0. The van der Waals surface area contributed by atoms with Crippen LogP contribution in [-0.4, -0.2) is 21.5 Å². The number of rotatable bonds is 4. The highest BCUT2D eigenvalue weighted by Gasteiger charge is 2.28. The molecule has 3 rings (SSSR count). The van der Waals surface area contributed by atoms with Gasteiger partial charge in [-0.15, -0.1) is 0 Å². The molecule has 130 valence electrons. The van der Waals surface area contributed by atoms with E-state index in [1.807, 2.05) is 0 Å². The van der Waals surface area contributed by atoms with E-state index in [4.69, 9.17) is 0 Å². The van der Waals surface area contributed by atoms with Crippen LogP contribution in [0, 0.1) is 5.82 Å². The highest BCUT2D eigenvalue weighted by molar-refractivity contribution is 5.94. The van der Waals surface area contributed by atoms with E-state index >= 15 is 0 Å². The van der Waals surface area contributed by atoms with Crippen molar-refractivity contribution in [2.45, 2.75) is 19.0 Å². The first-order valence-electron chi connectivity index (χ1n) is 7.43. The molecule has 25 heavy (non-hydrogen) atoms. The fourth-order valence-electron chi connectivity index (χ4n) is 2.43. The Kier molecular flexibility index (Phi) is 4.43. The molecule has 1 aromatic carbocycles. The summed E-state index contributed by atoms with van der Waals surface area (Å²) in [6.45, 7) is 0. The minimum absolute atomic E-state index is 0.0870. The third kappa shape index (κ3) is 3.96. The topological polar surface area (TPSA) is 46.4 Å². The summed E-state index contributed by atoms with van der Waals surface area (Å²) >= 11 is 0. The van der Waals surface area contributed by atoms with Crippen molar-refractivity contribution in [3.8, 4) is 11.3 Å². The molecule has 0 atom stereocenters. The van der Waals surface area contributed by atoms with Crippen molar-refractivity contribution in [2.24, 2.45) is 0 Å². The highest BCUT2D eigenvalue weighted by atomic mass is 19.4. The third-order valence-corrected chi connectivity index (χ3v) is 3.52. The van der Waals surface area contributed by atoms with E-state index in [-0.39, 0.29) is 5.82 Å². The number of pyridine rings is 1. The lowest BCUT2D eigenvalue weighted by molar-refractivity contribution is -0.142. The van der Waals surface area contributed by atoms with Gasteiger partial charge in [0.2, 0.25) is 5.91 Å². The van der Waals surface area contributed by atoms with Gasteiger partial charge in [0.25, 0.3) is 0 Å². The van der Waals surface area contributed by atoms with Crippen molar-refractivity contribution in [1.82, 2.24) is 9.38 Å². The number of halogens is 4. The first-order valence-corrected chi connectivity index (χ1v) is 7.43. The molecule has 0 unspecified atom stereocenters.